The van der Waals surface area contributed by atoms with Gasteiger partial charge < -0.3 is 10.4 Å². The number of nitrogens with zero attached hydrogens (tertiary/aromatic N) is 3. The van der Waals surface area contributed by atoms with Crippen LogP contribution in [0.2, 0.25) is 0 Å². The second kappa shape index (κ2) is 6.45. The third-order valence-corrected chi connectivity index (χ3v) is 4.21. The van der Waals surface area contributed by atoms with E-state index in [4.69, 9.17) is 5.11 Å². The average Bonchev–Trinajstić information content (AvgIpc) is 3.20. The molecule has 1 aromatic heterocycles. The summed E-state index contributed by atoms with van der Waals surface area (Å²) in [5.41, 5.74) is 3.75. The summed E-state index contributed by atoms with van der Waals surface area (Å²) in [5.74, 6) is -0.859. The number of carbonyl (C=O) groups is 2. The Balaban J connectivity index is 1.55. The molecule has 1 aliphatic rings. The number of rotatable bonds is 5. The lowest BCUT2D eigenvalue weighted by Gasteiger charge is -2.13. The van der Waals surface area contributed by atoms with Crippen molar-refractivity contribution < 1.29 is 14.7 Å². The van der Waals surface area contributed by atoms with Crippen molar-refractivity contribution in [1.82, 2.24) is 14.5 Å². The molecule has 1 aliphatic heterocycles. The Kier molecular flexibility index (Phi) is 3.98. The largest absolute Gasteiger partial charge is 0.395 e. The number of carbonyl (C=O) groups excluding carboxylic acids is 2. The van der Waals surface area contributed by atoms with E-state index in [0.29, 0.717) is 5.69 Å². The molecule has 0 radical (unpaired) electrons. The van der Waals surface area contributed by atoms with Gasteiger partial charge in [-0.2, -0.15) is 0 Å². The highest BCUT2D eigenvalue weighted by Gasteiger charge is 2.30. The Morgan fingerprint density at radius 2 is 1.81 bits per heavy atom. The number of amides is 2. The van der Waals surface area contributed by atoms with Gasteiger partial charge in [0.15, 0.2) is 0 Å². The number of imide groups is 1. The summed E-state index contributed by atoms with van der Waals surface area (Å²) in [4.78, 5) is 29.3. The first-order chi connectivity index (χ1) is 12.7. The van der Waals surface area contributed by atoms with Gasteiger partial charge in [0.1, 0.15) is 12.0 Å². The van der Waals surface area contributed by atoms with Crippen molar-refractivity contribution in [3.05, 3.63) is 66.6 Å². The summed E-state index contributed by atoms with van der Waals surface area (Å²) in [6.45, 7) is -0.266. The standard InChI is InChI=1S/C19H16N4O3/c24-10-9-22-18(25)11-16(19(22)26)21-13-5-7-14(8-6-13)23-12-20-15-3-1-2-4-17(15)23/h1-8,11-12,21,24H,9-10H2. The number of aliphatic hydroxyl groups is 1. The van der Waals surface area contributed by atoms with Gasteiger partial charge in [0.2, 0.25) is 0 Å². The van der Waals surface area contributed by atoms with Crippen LogP contribution < -0.4 is 5.32 Å². The van der Waals surface area contributed by atoms with Crippen LogP contribution in [0.5, 0.6) is 0 Å². The number of hydrogen-bond donors (Lipinski definition) is 2. The first kappa shape index (κ1) is 16.0. The van der Waals surface area contributed by atoms with Gasteiger partial charge in [-0.05, 0) is 36.4 Å². The van der Waals surface area contributed by atoms with Gasteiger partial charge in [-0.15, -0.1) is 0 Å². The lowest BCUT2D eigenvalue weighted by molar-refractivity contribution is -0.137. The average molecular weight is 348 g/mol. The fourth-order valence-corrected chi connectivity index (χ4v) is 2.94. The fourth-order valence-electron chi connectivity index (χ4n) is 2.94. The number of aliphatic hydroxyl groups excluding tert-OH is 1. The van der Waals surface area contributed by atoms with E-state index in [9.17, 15) is 9.59 Å². The summed E-state index contributed by atoms with van der Waals surface area (Å²) in [6, 6.07) is 15.3. The molecule has 26 heavy (non-hydrogen) atoms. The number of para-hydroxylation sites is 2. The molecule has 7 heteroatoms. The Morgan fingerprint density at radius 1 is 1.04 bits per heavy atom. The van der Waals surface area contributed by atoms with Crippen LogP contribution in [0.25, 0.3) is 16.7 Å². The molecule has 2 amide bonds. The third-order valence-electron chi connectivity index (χ3n) is 4.21. The third kappa shape index (κ3) is 2.74. The van der Waals surface area contributed by atoms with Crippen LogP contribution in [0.15, 0.2) is 66.6 Å². The van der Waals surface area contributed by atoms with Crippen molar-refractivity contribution in [2.75, 3.05) is 18.5 Å². The number of benzene rings is 2. The van der Waals surface area contributed by atoms with Gasteiger partial charge in [-0.25, -0.2) is 4.98 Å². The lowest BCUT2D eigenvalue weighted by atomic mass is 10.2. The highest BCUT2D eigenvalue weighted by molar-refractivity contribution is 6.17. The molecule has 0 fully saturated rings. The minimum absolute atomic E-state index is 0.00795. The van der Waals surface area contributed by atoms with Gasteiger partial charge in [-0.1, -0.05) is 12.1 Å². The Labute approximate surface area is 149 Å². The minimum atomic E-state index is -0.436. The smallest absolute Gasteiger partial charge is 0.277 e. The lowest BCUT2D eigenvalue weighted by Crippen LogP contribution is -2.34. The van der Waals surface area contributed by atoms with E-state index in [1.165, 1.54) is 6.08 Å². The maximum Gasteiger partial charge on any atom is 0.277 e. The highest BCUT2D eigenvalue weighted by atomic mass is 16.3. The maximum absolute atomic E-state index is 12.2. The zero-order valence-corrected chi connectivity index (χ0v) is 13.8. The SMILES string of the molecule is O=C1C=C(Nc2ccc(-n3cnc4ccccc43)cc2)C(=O)N1CCO. The molecule has 0 bridgehead atoms. The van der Waals surface area contributed by atoms with Gasteiger partial charge in [0.05, 0.1) is 24.2 Å². The van der Waals surface area contributed by atoms with Crippen molar-refractivity contribution in [1.29, 1.82) is 0 Å². The summed E-state index contributed by atoms with van der Waals surface area (Å²) < 4.78 is 1.98. The topological polar surface area (TPSA) is 87.5 Å². The quantitative estimate of drug-likeness (QED) is 0.685. The summed E-state index contributed by atoms with van der Waals surface area (Å²) in [7, 11) is 0. The summed E-state index contributed by atoms with van der Waals surface area (Å²) in [5, 5.41) is 11.9. The first-order valence-electron chi connectivity index (χ1n) is 8.15. The van der Waals surface area contributed by atoms with Crippen LogP contribution >= 0.6 is 0 Å². The van der Waals surface area contributed by atoms with E-state index in [0.717, 1.165) is 21.6 Å². The molecular weight excluding hydrogens is 332 g/mol. The van der Waals surface area contributed by atoms with Crippen molar-refractivity contribution in [3.63, 3.8) is 0 Å². The van der Waals surface area contributed by atoms with E-state index in [2.05, 4.69) is 10.3 Å². The first-order valence-corrected chi connectivity index (χ1v) is 8.15. The highest BCUT2D eigenvalue weighted by Crippen LogP contribution is 2.21. The summed E-state index contributed by atoms with van der Waals surface area (Å²) >= 11 is 0. The molecule has 3 aromatic rings. The van der Waals surface area contributed by atoms with Crippen LogP contribution in [-0.4, -0.2) is 44.5 Å². The molecule has 0 saturated heterocycles. The van der Waals surface area contributed by atoms with Crippen LogP contribution in [0.1, 0.15) is 0 Å². The second-order valence-corrected chi connectivity index (χ2v) is 5.85. The molecule has 0 unspecified atom stereocenters. The Bertz CT molecular complexity index is 1020. The molecule has 2 heterocycles. The van der Waals surface area contributed by atoms with Gasteiger partial charge in [0.25, 0.3) is 11.8 Å². The number of aromatic nitrogens is 2. The number of fused-ring (bicyclic) bond motifs is 1. The minimum Gasteiger partial charge on any atom is -0.395 e. The van der Waals surface area contributed by atoms with E-state index in [1.54, 1.807) is 6.33 Å². The number of nitrogens with one attached hydrogen (secondary N) is 1. The Hall–Kier alpha value is -3.45. The zero-order chi connectivity index (χ0) is 18.1. The molecule has 4 rings (SSSR count). The number of hydrogen-bond acceptors (Lipinski definition) is 5. The molecule has 0 aliphatic carbocycles. The Morgan fingerprint density at radius 3 is 2.58 bits per heavy atom. The van der Waals surface area contributed by atoms with Crippen LogP contribution in [0, 0.1) is 0 Å². The monoisotopic (exact) mass is 348 g/mol. The zero-order valence-electron chi connectivity index (χ0n) is 13.8. The molecule has 7 nitrogen and oxygen atoms in total. The molecule has 2 N–H and O–H groups in total. The van der Waals surface area contributed by atoms with E-state index >= 15 is 0 Å². The molecule has 0 atom stereocenters. The summed E-state index contributed by atoms with van der Waals surface area (Å²) in [6.07, 6.45) is 3.01. The number of imidazole rings is 1. The molecule has 2 aromatic carbocycles. The molecule has 0 saturated carbocycles. The van der Waals surface area contributed by atoms with Crippen molar-refractivity contribution in [3.8, 4) is 5.69 Å². The van der Waals surface area contributed by atoms with Gasteiger partial charge in [-0.3, -0.25) is 19.1 Å². The maximum atomic E-state index is 12.2. The van der Waals surface area contributed by atoms with E-state index < -0.39 is 11.8 Å². The number of anilines is 1. The van der Waals surface area contributed by atoms with Crippen molar-refractivity contribution in [2.45, 2.75) is 0 Å². The predicted octanol–water partition coefficient (Wildman–Crippen LogP) is 1.68. The van der Waals surface area contributed by atoms with E-state index in [1.807, 2.05) is 53.1 Å². The van der Waals surface area contributed by atoms with Crippen LogP contribution in [0.3, 0.4) is 0 Å². The van der Waals surface area contributed by atoms with Gasteiger partial charge in [0, 0.05) is 17.5 Å². The normalized spacial score (nSPS) is 14.2. The van der Waals surface area contributed by atoms with Crippen LogP contribution in [-0.2, 0) is 9.59 Å². The number of β-amino-alcohol motifs (C(OH)–C–C–N with tert-alkyl or cyclic N) is 1. The molecule has 130 valence electrons. The second-order valence-electron chi connectivity index (χ2n) is 5.85. The van der Waals surface area contributed by atoms with Crippen molar-refractivity contribution >= 4 is 28.5 Å². The fraction of sp³-hybridized carbons (Fsp3) is 0.105. The van der Waals surface area contributed by atoms with Crippen molar-refractivity contribution in [2.24, 2.45) is 0 Å². The van der Waals surface area contributed by atoms with E-state index in [-0.39, 0.29) is 18.8 Å². The predicted molar refractivity (Wildman–Crippen MR) is 96.6 cm³/mol. The van der Waals surface area contributed by atoms with Crippen LogP contribution in [0.4, 0.5) is 5.69 Å². The van der Waals surface area contributed by atoms with Gasteiger partial charge >= 0.3 is 0 Å². The molecule has 0 spiro atoms. The molecular formula is C19H16N4O3.